The Labute approximate surface area is 163 Å². The number of ether oxygens (including phenoxy) is 1. The number of H-pyrrole nitrogens is 1. The van der Waals surface area contributed by atoms with Gasteiger partial charge in [-0.05, 0) is 42.1 Å². The van der Waals surface area contributed by atoms with Gasteiger partial charge in [-0.1, -0.05) is 24.3 Å². The minimum atomic E-state index is -3.67. The van der Waals surface area contributed by atoms with Crippen molar-refractivity contribution in [2.75, 3.05) is 26.2 Å². The largest absolute Gasteiger partial charge is 0.492 e. The average Bonchev–Trinajstić information content (AvgIpc) is 3.13. The summed E-state index contributed by atoms with van der Waals surface area (Å²) in [5, 5.41) is 1.06. The molecule has 6 nitrogen and oxygen atoms in total. The van der Waals surface area contributed by atoms with Crippen molar-refractivity contribution in [2.24, 2.45) is 0 Å². The second-order valence-electron chi connectivity index (χ2n) is 6.52. The molecule has 0 bridgehead atoms. The minimum absolute atomic E-state index is 0.210. The van der Waals surface area contributed by atoms with Crippen molar-refractivity contribution in [2.45, 2.75) is 10.9 Å². The second-order valence-corrected chi connectivity index (χ2v) is 8.90. The van der Waals surface area contributed by atoms with E-state index < -0.39 is 10.0 Å². The number of nitrogens with one attached hydrogen (secondary N) is 1. The summed E-state index contributed by atoms with van der Waals surface area (Å²) < 4.78 is 31.9. The smallest absolute Gasteiger partial charge is 0.256 e. The molecule has 1 aliphatic rings. The summed E-state index contributed by atoms with van der Waals surface area (Å²) >= 11 is 6.14. The Morgan fingerprint density at radius 1 is 1.11 bits per heavy atom. The highest BCUT2D eigenvalue weighted by molar-refractivity contribution is 7.90. The molecule has 2 aromatic carbocycles. The van der Waals surface area contributed by atoms with Crippen LogP contribution in [0.5, 0.6) is 5.75 Å². The fourth-order valence-electron chi connectivity index (χ4n) is 3.21. The maximum atomic E-state index is 12.5. The van der Waals surface area contributed by atoms with Gasteiger partial charge in [-0.2, -0.15) is 0 Å². The van der Waals surface area contributed by atoms with Gasteiger partial charge in [0.1, 0.15) is 12.4 Å². The van der Waals surface area contributed by atoms with Crippen LogP contribution in [0.25, 0.3) is 10.9 Å². The molecule has 0 atom stereocenters. The molecular weight excluding hydrogens is 386 g/mol. The number of aromatic amines is 1. The molecule has 0 saturated carbocycles. The summed E-state index contributed by atoms with van der Waals surface area (Å²) in [5.74, 6) is 0.844. The molecule has 0 aliphatic carbocycles. The molecule has 0 radical (unpaired) electrons. The van der Waals surface area contributed by atoms with Crippen molar-refractivity contribution in [3.8, 4) is 5.75 Å². The third-order valence-corrected chi connectivity index (χ3v) is 7.16. The van der Waals surface area contributed by atoms with Crippen LogP contribution in [0.1, 0.15) is 0 Å². The molecule has 3 aromatic rings. The second kappa shape index (κ2) is 7.52. The number of halogens is 1. The van der Waals surface area contributed by atoms with E-state index in [9.17, 15) is 8.42 Å². The summed E-state index contributed by atoms with van der Waals surface area (Å²) in [7, 11) is -3.67. The molecule has 1 saturated heterocycles. The van der Waals surface area contributed by atoms with Gasteiger partial charge in [-0.3, -0.25) is 4.90 Å². The molecule has 1 aliphatic heterocycles. The number of hydrogen-bond acceptors (Lipinski definition) is 4. The average molecular weight is 406 g/mol. The number of hydrogen-bond donors (Lipinski definition) is 1. The Morgan fingerprint density at radius 3 is 2.67 bits per heavy atom. The number of fused-ring (bicyclic) bond motifs is 1. The van der Waals surface area contributed by atoms with Gasteiger partial charge < -0.3 is 9.72 Å². The monoisotopic (exact) mass is 405 g/mol. The lowest BCUT2D eigenvalue weighted by Gasteiger charge is -2.41. The van der Waals surface area contributed by atoms with E-state index in [1.165, 1.54) is 0 Å². The Hall–Kier alpha value is -2.06. The molecule has 0 spiro atoms. The van der Waals surface area contributed by atoms with Crippen molar-refractivity contribution >= 4 is 32.7 Å². The molecule has 1 N–H and O–H groups in total. The fraction of sp³-hybridized carbons (Fsp3) is 0.263. The molecule has 142 valence electrons. The van der Waals surface area contributed by atoms with Gasteiger partial charge in [-0.15, -0.1) is 3.82 Å². The first-order chi connectivity index (χ1) is 13.1. The predicted molar refractivity (Wildman–Crippen MR) is 105 cm³/mol. The third kappa shape index (κ3) is 3.68. The van der Waals surface area contributed by atoms with Crippen LogP contribution in [0.4, 0.5) is 0 Å². The van der Waals surface area contributed by atoms with Crippen LogP contribution in [0.2, 0.25) is 0 Å². The highest BCUT2D eigenvalue weighted by Crippen LogP contribution is 2.26. The minimum Gasteiger partial charge on any atom is -0.492 e. The summed E-state index contributed by atoms with van der Waals surface area (Å²) in [6.45, 7) is 2.43. The van der Waals surface area contributed by atoms with E-state index in [2.05, 4.69) is 9.88 Å². The molecule has 0 amide bonds. The number of likely N-dealkylation sites (tertiary alicyclic amines) is 1. The molecule has 0 unspecified atom stereocenters. The molecule has 4 rings (SSSR count). The SMILES string of the molecule is O=S(=O)(c1ccccc1)N(Cl)C1CN(CCOc2cccc3[nH]ccc23)C1. The molecule has 1 fully saturated rings. The van der Waals surface area contributed by atoms with Crippen LogP contribution in [-0.2, 0) is 10.0 Å². The van der Waals surface area contributed by atoms with E-state index >= 15 is 0 Å². The van der Waals surface area contributed by atoms with Gasteiger partial charge in [0.2, 0.25) is 0 Å². The molecule has 27 heavy (non-hydrogen) atoms. The van der Waals surface area contributed by atoms with Gasteiger partial charge >= 0.3 is 0 Å². The molecular formula is C19H20ClN3O3S. The summed E-state index contributed by atoms with van der Waals surface area (Å²) in [6, 6.07) is 15.9. The van der Waals surface area contributed by atoms with Crippen LogP contribution in [0.3, 0.4) is 0 Å². The highest BCUT2D eigenvalue weighted by atomic mass is 35.5. The zero-order valence-corrected chi connectivity index (χ0v) is 16.2. The topological polar surface area (TPSA) is 65.6 Å². The van der Waals surface area contributed by atoms with Crippen molar-refractivity contribution < 1.29 is 13.2 Å². The summed E-state index contributed by atoms with van der Waals surface area (Å²) in [6.07, 6.45) is 1.89. The van der Waals surface area contributed by atoms with Crippen molar-refractivity contribution in [1.82, 2.24) is 13.7 Å². The lowest BCUT2D eigenvalue weighted by Crippen LogP contribution is -2.58. The number of aromatic nitrogens is 1. The summed E-state index contributed by atoms with van der Waals surface area (Å²) in [5.41, 5.74) is 1.04. The Morgan fingerprint density at radius 2 is 1.89 bits per heavy atom. The van der Waals surface area contributed by atoms with Gasteiger partial charge in [0, 0.05) is 36.7 Å². The number of benzene rings is 2. The third-order valence-electron chi connectivity index (χ3n) is 4.72. The standard InChI is InChI=1S/C19H20ClN3O3S/c20-23(27(24,25)16-5-2-1-3-6-16)15-13-22(14-15)11-12-26-19-8-4-7-18-17(19)9-10-21-18/h1-10,15,21H,11-14H2. The molecule has 2 heterocycles. The number of nitrogens with zero attached hydrogens (tertiary/aromatic N) is 2. The molecule has 1 aromatic heterocycles. The van der Waals surface area contributed by atoms with Gasteiger partial charge in [0.25, 0.3) is 10.0 Å². The van der Waals surface area contributed by atoms with Gasteiger partial charge in [0.05, 0.1) is 10.9 Å². The highest BCUT2D eigenvalue weighted by Gasteiger charge is 2.38. The normalized spacial score (nSPS) is 15.9. The zero-order valence-electron chi connectivity index (χ0n) is 14.6. The Kier molecular flexibility index (Phi) is 5.10. The quantitative estimate of drug-likeness (QED) is 0.613. The Balaban J connectivity index is 1.28. The first-order valence-electron chi connectivity index (χ1n) is 8.72. The number of sulfonamides is 1. The fourth-order valence-corrected chi connectivity index (χ4v) is 4.80. The van der Waals surface area contributed by atoms with E-state index in [1.54, 1.807) is 30.3 Å². The van der Waals surface area contributed by atoms with Crippen LogP contribution in [0, 0.1) is 0 Å². The van der Waals surface area contributed by atoms with Crippen LogP contribution < -0.4 is 4.74 Å². The van der Waals surface area contributed by atoms with Crippen LogP contribution in [-0.4, -0.2) is 54.4 Å². The van der Waals surface area contributed by atoms with Crippen molar-refractivity contribution in [3.05, 3.63) is 60.8 Å². The van der Waals surface area contributed by atoms with Gasteiger partial charge in [0.15, 0.2) is 0 Å². The first-order valence-corrected chi connectivity index (χ1v) is 10.5. The lowest BCUT2D eigenvalue weighted by molar-refractivity contribution is 0.0924. The maximum Gasteiger partial charge on any atom is 0.256 e. The first kappa shape index (κ1) is 18.3. The van der Waals surface area contributed by atoms with E-state index in [0.29, 0.717) is 26.2 Å². The predicted octanol–water partition coefficient (Wildman–Crippen LogP) is 3.08. The van der Waals surface area contributed by atoms with Crippen LogP contribution >= 0.6 is 11.8 Å². The van der Waals surface area contributed by atoms with E-state index in [1.807, 2.05) is 30.5 Å². The van der Waals surface area contributed by atoms with E-state index in [4.69, 9.17) is 16.5 Å². The maximum absolute atomic E-state index is 12.5. The molecule has 8 heteroatoms. The van der Waals surface area contributed by atoms with E-state index in [0.717, 1.165) is 20.5 Å². The van der Waals surface area contributed by atoms with Crippen molar-refractivity contribution in [3.63, 3.8) is 0 Å². The lowest BCUT2D eigenvalue weighted by atomic mass is 10.1. The van der Waals surface area contributed by atoms with Crippen molar-refractivity contribution in [1.29, 1.82) is 0 Å². The van der Waals surface area contributed by atoms with Crippen LogP contribution in [0.15, 0.2) is 65.7 Å². The summed E-state index contributed by atoms with van der Waals surface area (Å²) in [4.78, 5) is 5.49. The Bertz CT molecular complexity index is 1020. The van der Waals surface area contributed by atoms with Gasteiger partial charge in [-0.25, -0.2) is 8.42 Å². The zero-order chi connectivity index (χ0) is 18.9. The number of rotatable bonds is 7. The van der Waals surface area contributed by atoms with E-state index in [-0.39, 0.29) is 10.9 Å².